The predicted molar refractivity (Wildman–Crippen MR) is 67.5 cm³/mol. The number of hydrogen-bond donors (Lipinski definition) is 0. The van der Waals surface area contributed by atoms with Gasteiger partial charge >= 0.3 is 0 Å². The molecule has 88 valence electrons. The summed E-state index contributed by atoms with van der Waals surface area (Å²) in [7, 11) is 0. The van der Waals surface area contributed by atoms with E-state index in [0.29, 0.717) is 10.8 Å². The molecule has 17 heavy (non-hydrogen) atoms. The quantitative estimate of drug-likeness (QED) is 0.713. The molecule has 0 saturated carbocycles. The zero-order chi connectivity index (χ0) is 12.3. The summed E-state index contributed by atoms with van der Waals surface area (Å²) in [6.07, 6.45) is 0. The van der Waals surface area contributed by atoms with Crippen molar-refractivity contribution in [2.45, 2.75) is 5.88 Å². The van der Waals surface area contributed by atoms with E-state index in [1.54, 1.807) is 30.3 Å². The minimum absolute atomic E-state index is 0.131. The Bertz CT molecular complexity index is 529. The standard InChI is InChI=1S/C13H9Cl2FO/c14-8-9-4-3-5-10(15)13(9)17-12-7-2-1-6-11(12)16/h1-7H,8H2. The number of benzene rings is 2. The van der Waals surface area contributed by atoms with Gasteiger partial charge in [0, 0.05) is 5.56 Å². The molecule has 0 atom stereocenters. The van der Waals surface area contributed by atoms with E-state index in [-0.39, 0.29) is 11.6 Å². The largest absolute Gasteiger partial charge is 0.452 e. The smallest absolute Gasteiger partial charge is 0.165 e. The molecule has 0 unspecified atom stereocenters. The van der Waals surface area contributed by atoms with Gasteiger partial charge in [-0.3, -0.25) is 0 Å². The molecule has 2 rings (SSSR count). The fourth-order valence-corrected chi connectivity index (χ4v) is 1.85. The average Bonchev–Trinajstić information content (AvgIpc) is 2.34. The summed E-state index contributed by atoms with van der Waals surface area (Å²) in [5.74, 6) is 0.346. The summed E-state index contributed by atoms with van der Waals surface area (Å²) in [6.45, 7) is 0. The Balaban J connectivity index is 2.39. The van der Waals surface area contributed by atoms with Gasteiger partial charge in [-0.25, -0.2) is 4.39 Å². The minimum Gasteiger partial charge on any atom is -0.452 e. The van der Waals surface area contributed by atoms with E-state index in [1.165, 1.54) is 12.1 Å². The number of alkyl halides is 1. The molecule has 0 N–H and O–H groups in total. The Hall–Kier alpha value is -1.25. The monoisotopic (exact) mass is 270 g/mol. The van der Waals surface area contributed by atoms with E-state index in [1.807, 2.05) is 0 Å². The summed E-state index contributed by atoms with van der Waals surface area (Å²) in [4.78, 5) is 0. The third-order valence-electron chi connectivity index (χ3n) is 2.24. The molecule has 2 aromatic rings. The molecule has 0 fully saturated rings. The molecule has 4 heteroatoms. The van der Waals surface area contributed by atoms with Gasteiger partial charge in [-0.1, -0.05) is 35.9 Å². The fourth-order valence-electron chi connectivity index (χ4n) is 1.41. The Kier molecular flexibility index (Phi) is 3.87. The molecular formula is C13H9Cl2FO. The Labute approximate surface area is 109 Å². The highest BCUT2D eigenvalue weighted by Crippen LogP contribution is 2.34. The predicted octanol–water partition coefficient (Wildman–Crippen LogP) is 5.01. The molecule has 0 aliphatic rings. The van der Waals surface area contributed by atoms with Gasteiger partial charge in [-0.2, -0.15) is 0 Å². The summed E-state index contributed by atoms with van der Waals surface area (Å²) in [5.41, 5.74) is 0.724. The lowest BCUT2D eigenvalue weighted by molar-refractivity contribution is 0.439. The third-order valence-corrected chi connectivity index (χ3v) is 2.83. The number of ether oxygens (including phenoxy) is 1. The van der Waals surface area contributed by atoms with E-state index < -0.39 is 5.82 Å². The van der Waals surface area contributed by atoms with Crippen LogP contribution in [0, 0.1) is 5.82 Å². The van der Waals surface area contributed by atoms with Crippen LogP contribution in [0.5, 0.6) is 11.5 Å². The molecule has 0 saturated heterocycles. The Morgan fingerprint density at radius 2 is 1.82 bits per heavy atom. The number of hydrogen-bond acceptors (Lipinski definition) is 1. The maximum absolute atomic E-state index is 13.4. The van der Waals surface area contributed by atoms with Crippen LogP contribution >= 0.6 is 23.2 Å². The van der Waals surface area contributed by atoms with Gasteiger partial charge in [0.2, 0.25) is 0 Å². The second-order valence-corrected chi connectivity index (χ2v) is 4.07. The van der Waals surface area contributed by atoms with E-state index in [0.717, 1.165) is 5.56 Å². The van der Waals surface area contributed by atoms with Gasteiger partial charge < -0.3 is 4.74 Å². The summed E-state index contributed by atoms with van der Waals surface area (Å²) in [6, 6.07) is 11.4. The molecule has 0 aliphatic carbocycles. The molecule has 2 aromatic carbocycles. The lowest BCUT2D eigenvalue weighted by Gasteiger charge is -2.11. The van der Waals surface area contributed by atoms with Crippen LogP contribution in [0.4, 0.5) is 4.39 Å². The maximum atomic E-state index is 13.4. The second kappa shape index (κ2) is 5.39. The van der Waals surface area contributed by atoms with Gasteiger partial charge in [0.1, 0.15) is 0 Å². The van der Waals surface area contributed by atoms with Crippen LogP contribution < -0.4 is 4.74 Å². The first-order valence-electron chi connectivity index (χ1n) is 4.98. The van der Waals surface area contributed by atoms with Crippen molar-refractivity contribution in [2.24, 2.45) is 0 Å². The summed E-state index contributed by atoms with van der Waals surface area (Å²) < 4.78 is 18.9. The van der Waals surface area contributed by atoms with Crippen LogP contribution in [0.15, 0.2) is 42.5 Å². The normalized spacial score (nSPS) is 10.3. The molecule has 0 aromatic heterocycles. The highest BCUT2D eigenvalue weighted by atomic mass is 35.5. The molecule has 0 spiro atoms. The van der Waals surface area contributed by atoms with Gasteiger partial charge in [0.15, 0.2) is 17.3 Å². The van der Waals surface area contributed by atoms with E-state index >= 15 is 0 Å². The van der Waals surface area contributed by atoms with Gasteiger partial charge in [0.05, 0.1) is 10.9 Å². The van der Waals surface area contributed by atoms with Crippen molar-refractivity contribution in [1.82, 2.24) is 0 Å². The second-order valence-electron chi connectivity index (χ2n) is 3.39. The van der Waals surface area contributed by atoms with Gasteiger partial charge in [0.25, 0.3) is 0 Å². The molecule has 0 heterocycles. The molecule has 1 nitrogen and oxygen atoms in total. The number of para-hydroxylation sites is 2. The first-order chi connectivity index (χ1) is 8.22. The topological polar surface area (TPSA) is 9.23 Å². The van der Waals surface area contributed by atoms with Crippen LogP contribution in [0.1, 0.15) is 5.56 Å². The van der Waals surface area contributed by atoms with Crippen molar-refractivity contribution in [3.05, 3.63) is 58.9 Å². The number of halogens is 3. The van der Waals surface area contributed by atoms with Crippen molar-refractivity contribution < 1.29 is 9.13 Å². The molecule has 0 bridgehead atoms. The molecule has 0 aliphatic heterocycles. The lowest BCUT2D eigenvalue weighted by Crippen LogP contribution is -1.92. The van der Waals surface area contributed by atoms with Gasteiger partial charge in [-0.15, -0.1) is 11.6 Å². The lowest BCUT2D eigenvalue weighted by atomic mass is 10.2. The molecular weight excluding hydrogens is 262 g/mol. The highest BCUT2D eigenvalue weighted by Gasteiger charge is 2.11. The molecule has 0 amide bonds. The average molecular weight is 271 g/mol. The van der Waals surface area contributed by atoms with Crippen molar-refractivity contribution in [3.8, 4) is 11.5 Å². The fraction of sp³-hybridized carbons (Fsp3) is 0.0769. The molecule has 0 radical (unpaired) electrons. The minimum atomic E-state index is -0.437. The van der Waals surface area contributed by atoms with E-state index in [9.17, 15) is 4.39 Å². The zero-order valence-corrected chi connectivity index (χ0v) is 10.3. The highest BCUT2D eigenvalue weighted by molar-refractivity contribution is 6.32. The Morgan fingerprint density at radius 1 is 1.06 bits per heavy atom. The van der Waals surface area contributed by atoms with Gasteiger partial charge in [-0.05, 0) is 18.2 Å². The van der Waals surface area contributed by atoms with Crippen LogP contribution in [-0.2, 0) is 5.88 Å². The summed E-state index contributed by atoms with van der Waals surface area (Å²) >= 11 is 11.8. The Morgan fingerprint density at radius 3 is 2.53 bits per heavy atom. The van der Waals surface area contributed by atoms with Crippen molar-refractivity contribution in [1.29, 1.82) is 0 Å². The first-order valence-corrected chi connectivity index (χ1v) is 5.89. The van der Waals surface area contributed by atoms with E-state index in [4.69, 9.17) is 27.9 Å². The maximum Gasteiger partial charge on any atom is 0.165 e. The van der Waals surface area contributed by atoms with Crippen LogP contribution in [-0.4, -0.2) is 0 Å². The van der Waals surface area contributed by atoms with Crippen molar-refractivity contribution in [3.63, 3.8) is 0 Å². The SMILES string of the molecule is Fc1ccccc1Oc1c(Cl)cccc1CCl. The zero-order valence-electron chi connectivity index (χ0n) is 8.79. The first kappa shape index (κ1) is 12.2. The van der Waals surface area contributed by atoms with Crippen molar-refractivity contribution in [2.75, 3.05) is 0 Å². The van der Waals surface area contributed by atoms with E-state index in [2.05, 4.69) is 0 Å². The van der Waals surface area contributed by atoms with Crippen LogP contribution in [0.25, 0.3) is 0 Å². The van der Waals surface area contributed by atoms with Crippen molar-refractivity contribution >= 4 is 23.2 Å². The third kappa shape index (κ3) is 2.71. The number of rotatable bonds is 3. The van der Waals surface area contributed by atoms with Crippen LogP contribution in [0.3, 0.4) is 0 Å². The summed E-state index contributed by atoms with van der Waals surface area (Å²) in [5, 5.41) is 0.409. The van der Waals surface area contributed by atoms with Crippen LogP contribution in [0.2, 0.25) is 5.02 Å².